The molecular weight excluding hydrogens is 1760 g/mol. The zero-order chi connectivity index (χ0) is 94.6. The minimum Gasteiger partial charge on any atom is -0.256 e. The second-order valence-corrected chi connectivity index (χ2v) is 36.9. The van der Waals surface area contributed by atoms with E-state index in [0.717, 1.165) is 241 Å². The third-order valence-corrected chi connectivity index (χ3v) is 28.9. The van der Waals surface area contributed by atoms with Gasteiger partial charge in [0.1, 0.15) is 0 Å². The molecule has 0 saturated heterocycles. The Bertz CT molecular complexity index is 10300. The molecule has 0 amide bonds. The molecule has 0 aliphatic carbocycles. The lowest BCUT2D eigenvalue weighted by atomic mass is 9.88. The van der Waals surface area contributed by atoms with E-state index < -0.39 is 0 Å². The molecular formula is C131H75N13. The molecule has 13 heteroatoms. The van der Waals surface area contributed by atoms with E-state index in [1.807, 2.05) is 110 Å². The zero-order valence-electron chi connectivity index (χ0n) is 77.1. The van der Waals surface area contributed by atoms with Crippen molar-refractivity contribution in [3.05, 3.63) is 456 Å². The van der Waals surface area contributed by atoms with Crippen molar-refractivity contribution < 1.29 is 0 Å². The van der Waals surface area contributed by atoms with Crippen LogP contribution in [-0.4, -0.2) is 64.8 Å². The van der Waals surface area contributed by atoms with Crippen LogP contribution in [0.25, 0.3) is 307 Å². The Hall–Kier alpha value is -19.6. The fraction of sp³-hybridized carbons (Fsp3) is 0. The number of fused-ring (bicyclic) bond motifs is 28. The van der Waals surface area contributed by atoms with Crippen LogP contribution in [0.1, 0.15) is 0 Å². The number of aromatic nitrogens is 13. The number of pyridine rings is 13. The van der Waals surface area contributed by atoms with Crippen molar-refractivity contribution in [2.75, 3.05) is 0 Å². The van der Waals surface area contributed by atoms with E-state index in [2.05, 4.69) is 346 Å². The monoisotopic (exact) mass is 1830 g/mol. The van der Waals surface area contributed by atoms with E-state index >= 15 is 0 Å². The molecule has 0 radical (unpaired) electrons. The van der Waals surface area contributed by atoms with Gasteiger partial charge in [-0.3, -0.25) is 34.9 Å². The van der Waals surface area contributed by atoms with Crippen molar-refractivity contribution in [1.82, 2.24) is 64.8 Å². The van der Waals surface area contributed by atoms with Gasteiger partial charge in [-0.1, -0.05) is 322 Å². The molecule has 0 atom stereocenters. The largest absolute Gasteiger partial charge is 0.256 e. The lowest BCUT2D eigenvalue weighted by molar-refractivity contribution is 1.40. The molecule has 0 saturated carbocycles. The highest BCUT2D eigenvalue weighted by Crippen LogP contribution is 2.49. The van der Waals surface area contributed by atoms with Gasteiger partial charge in [0.15, 0.2) is 0 Å². The number of nitrogens with zero attached hydrogens (tertiary/aromatic N) is 13. The number of hydrogen-bond donors (Lipinski definition) is 0. The van der Waals surface area contributed by atoms with Crippen LogP contribution in [0.15, 0.2) is 456 Å². The molecule has 31 rings (SSSR count). The Balaban J connectivity index is 0.000000103. The lowest BCUT2D eigenvalue weighted by Gasteiger charge is -2.18. The Morgan fingerprint density at radius 2 is 0.319 bits per heavy atom. The summed E-state index contributed by atoms with van der Waals surface area (Å²) in [7, 11) is 0. The molecule has 664 valence electrons. The molecule has 13 heterocycles. The van der Waals surface area contributed by atoms with Crippen molar-refractivity contribution in [3.8, 4) is 77.9 Å². The fourth-order valence-corrected chi connectivity index (χ4v) is 22.4. The summed E-state index contributed by atoms with van der Waals surface area (Å²) in [6.45, 7) is 0. The Morgan fingerprint density at radius 1 is 0.111 bits per heavy atom. The summed E-state index contributed by atoms with van der Waals surface area (Å²) < 4.78 is 0. The van der Waals surface area contributed by atoms with Gasteiger partial charge in [-0.2, -0.15) is 0 Å². The summed E-state index contributed by atoms with van der Waals surface area (Å²) in [5.74, 6) is 0. The zero-order valence-corrected chi connectivity index (χ0v) is 77.1. The van der Waals surface area contributed by atoms with Gasteiger partial charge in [-0.05, 0) is 151 Å². The Labute approximate surface area is 821 Å². The van der Waals surface area contributed by atoms with Gasteiger partial charge >= 0.3 is 0 Å². The number of hydrogen-bond acceptors (Lipinski definition) is 13. The maximum absolute atomic E-state index is 5.14. The van der Waals surface area contributed by atoms with Gasteiger partial charge in [0.05, 0.1) is 105 Å². The Morgan fingerprint density at radius 3 is 0.618 bits per heavy atom. The molecule has 0 aliphatic rings. The van der Waals surface area contributed by atoms with E-state index in [-0.39, 0.29) is 0 Å². The highest BCUT2D eigenvalue weighted by atomic mass is 14.8. The quantitative estimate of drug-likeness (QED) is 0.109. The molecule has 31 aromatic rings. The van der Waals surface area contributed by atoms with Gasteiger partial charge in [-0.25, -0.2) is 29.9 Å². The molecule has 0 N–H and O–H groups in total. The minimum absolute atomic E-state index is 0.894. The third-order valence-electron chi connectivity index (χ3n) is 28.9. The van der Waals surface area contributed by atoms with Gasteiger partial charge in [0.25, 0.3) is 0 Å². The normalized spacial score (nSPS) is 11.9. The van der Waals surface area contributed by atoms with Crippen LogP contribution in [0.5, 0.6) is 0 Å². The van der Waals surface area contributed by atoms with Crippen LogP contribution >= 0.6 is 0 Å². The third kappa shape index (κ3) is 13.2. The van der Waals surface area contributed by atoms with Gasteiger partial charge in [0.2, 0.25) is 0 Å². The van der Waals surface area contributed by atoms with Crippen LogP contribution in [0, 0.1) is 0 Å². The van der Waals surface area contributed by atoms with Crippen molar-refractivity contribution in [3.63, 3.8) is 0 Å². The summed E-state index contributed by atoms with van der Waals surface area (Å²) >= 11 is 0. The summed E-state index contributed by atoms with van der Waals surface area (Å²) in [6, 6.07) is 146. The predicted octanol–water partition coefficient (Wildman–Crippen LogP) is 33.1. The number of benzene rings is 18. The molecule has 144 heavy (non-hydrogen) atoms. The molecule has 0 bridgehead atoms. The molecule has 0 spiro atoms. The first-order valence-electron chi connectivity index (χ1n) is 48.4. The average Bonchev–Trinajstić information content (AvgIpc) is 0.720. The Kier molecular flexibility index (Phi) is 18.7. The van der Waals surface area contributed by atoms with Crippen LogP contribution in [0.2, 0.25) is 0 Å². The number of rotatable bonds is 7. The summed E-state index contributed by atoms with van der Waals surface area (Å²) in [5.41, 5.74) is 33.9. The number of para-hydroxylation sites is 6. The fourth-order valence-electron chi connectivity index (χ4n) is 22.4. The van der Waals surface area contributed by atoms with Crippen molar-refractivity contribution in [1.29, 1.82) is 0 Å². The second-order valence-electron chi connectivity index (χ2n) is 36.9. The van der Waals surface area contributed by atoms with Crippen molar-refractivity contribution in [2.45, 2.75) is 0 Å². The maximum atomic E-state index is 5.14. The van der Waals surface area contributed by atoms with Crippen molar-refractivity contribution in [2.24, 2.45) is 0 Å². The highest BCUT2D eigenvalue weighted by Gasteiger charge is 2.26. The summed E-state index contributed by atoms with van der Waals surface area (Å²) in [6.07, 6.45) is 13.0. The van der Waals surface area contributed by atoms with Crippen LogP contribution in [-0.2, 0) is 0 Å². The van der Waals surface area contributed by atoms with Crippen LogP contribution in [0.3, 0.4) is 0 Å². The highest BCUT2D eigenvalue weighted by molar-refractivity contribution is 6.26. The van der Waals surface area contributed by atoms with Gasteiger partial charge < -0.3 is 0 Å². The molecule has 18 aromatic carbocycles. The van der Waals surface area contributed by atoms with E-state index in [1.165, 1.54) is 66.1 Å². The standard InChI is InChI=1S/C46H26N4.C44H26N4.C41H23N5/c1-3-11-39-35(9-1)41(37-21-15-27-7-5-23-47-43(27)45(37)49-39)31-17-19-33-29(25-31)13-14-30-26-32(18-20-34(30)33)42-36-10-2-4-12-40(36)50-46-38(42)22-16-28-8-6-24-48-44(28)46;1-3-11-37-33(9-1)39(35-23-21-31-7-5-25-45-41(31)43(35)47-37)29-17-13-27(14-18-29)28-15-19-30(20-16-28)40-34-10-2-4-12-38(34)48-44-36(40)24-22-32-8-6-26-46-42(32)44;1-3-13-33-28(10-1)35(31-17-15-24-8-5-21-42-37(24)40(31)45-33)26-19-20-30(39-27(26)12-7-23-44-39)36-29-11-2-4-14-34(29)46-41-32(36)18-16-25-9-6-22-43-38(25)41/h1-26H;1-26H;1-23H. The summed E-state index contributed by atoms with van der Waals surface area (Å²) in [5, 5.41) is 25.8. The maximum Gasteiger partial charge on any atom is 0.0978 e. The average molecular weight is 1830 g/mol. The van der Waals surface area contributed by atoms with Crippen molar-refractivity contribution >= 4 is 229 Å². The lowest BCUT2D eigenvalue weighted by Crippen LogP contribution is -1.95. The molecule has 0 unspecified atom stereocenters. The van der Waals surface area contributed by atoms with E-state index in [9.17, 15) is 0 Å². The van der Waals surface area contributed by atoms with Gasteiger partial charge in [-0.15, -0.1) is 0 Å². The predicted molar refractivity (Wildman–Crippen MR) is 596 cm³/mol. The molecule has 13 nitrogen and oxygen atoms in total. The molecule has 0 aliphatic heterocycles. The second kappa shape index (κ2) is 33.1. The smallest absolute Gasteiger partial charge is 0.0978 e. The SMILES string of the molecule is c1cnc2c(c1)ccc1c(-c3ccc(-c4c5ccccc5nc5c4ccc4cccnc45)c4ncccc34)c3ccccc3nc12.c1cnc2c(c1)ccc1c(-c3ccc(-c4ccc(-c5c6ccccc6nc6c5ccc5cccnc56)cc4)cc3)c3ccccc3nc12.c1cnc2c(c1)ccc1c(-c3ccc4c(ccc5cc(-c6c7ccccc7nc7c6ccc6cccnc67)ccc54)c3)c3ccccc3nc12. The van der Waals surface area contributed by atoms with Crippen LogP contribution < -0.4 is 0 Å². The van der Waals surface area contributed by atoms with Crippen LogP contribution in [0.4, 0.5) is 0 Å². The first-order valence-corrected chi connectivity index (χ1v) is 48.4. The molecule has 0 fully saturated rings. The van der Waals surface area contributed by atoms with E-state index in [0.29, 0.717) is 0 Å². The van der Waals surface area contributed by atoms with E-state index in [4.69, 9.17) is 64.8 Å². The first kappa shape index (κ1) is 81.5. The minimum atomic E-state index is 0.894. The summed E-state index contributed by atoms with van der Waals surface area (Å²) in [4.78, 5) is 64.1. The molecule has 13 aromatic heterocycles. The first-order chi connectivity index (χ1) is 71.4. The van der Waals surface area contributed by atoms with Gasteiger partial charge in [0, 0.05) is 185 Å². The van der Waals surface area contributed by atoms with E-state index in [1.54, 1.807) is 0 Å². The topological polar surface area (TPSA) is 168 Å².